The van der Waals surface area contributed by atoms with E-state index in [1.165, 1.54) is 0 Å². The Labute approximate surface area is 196 Å². The van der Waals surface area contributed by atoms with Gasteiger partial charge in [-0.05, 0) is 30.3 Å². The van der Waals surface area contributed by atoms with Gasteiger partial charge in [0.05, 0.1) is 18.2 Å². The number of piperazine rings is 1. The van der Waals surface area contributed by atoms with Gasteiger partial charge in [0.2, 0.25) is 11.9 Å². The van der Waals surface area contributed by atoms with Gasteiger partial charge in [0.1, 0.15) is 5.75 Å². The number of nitrogens with zero attached hydrogens (tertiary/aromatic N) is 6. The number of hydrogen-bond acceptors (Lipinski definition) is 6. The quantitative estimate of drug-likeness (QED) is 0.455. The molecule has 1 amide bonds. The SMILES string of the molecule is COc1ccccc1-c1nnc2c3ccc(Cl)cc3nc(N3CCN(C(=O)C(C)C)CC3)n12. The predicted octanol–water partition coefficient (Wildman–Crippen LogP) is 3.91. The maximum atomic E-state index is 12.5. The van der Waals surface area contributed by atoms with Crippen molar-refractivity contribution in [3.8, 4) is 17.1 Å². The first-order valence-corrected chi connectivity index (χ1v) is 11.4. The molecule has 1 aliphatic heterocycles. The fourth-order valence-corrected chi connectivity index (χ4v) is 4.47. The van der Waals surface area contributed by atoms with Crippen LogP contribution in [0.2, 0.25) is 5.02 Å². The summed E-state index contributed by atoms with van der Waals surface area (Å²) in [4.78, 5) is 21.6. The molecule has 33 heavy (non-hydrogen) atoms. The molecule has 0 bridgehead atoms. The van der Waals surface area contributed by atoms with Crippen LogP contribution in [-0.4, -0.2) is 63.7 Å². The molecular weight excluding hydrogens is 440 g/mol. The van der Waals surface area contributed by atoms with E-state index in [1.54, 1.807) is 7.11 Å². The third-order valence-corrected chi connectivity index (χ3v) is 6.24. The zero-order valence-corrected chi connectivity index (χ0v) is 19.6. The number of carbonyl (C=O) groups is 1. The second-order valence-electron chi connectivity index (χ2n) is 8.42. The van der Waals surface area contributed by atoms with E-state index in [9.17, 15) is 4.79 Å². The highest BCUT2D eigenvalue weighted by Crippen LogP contribution is 2.33. The standard InChI is InChI=1S/C24H25ClN6O2/c1-15(2)23(32)29-10-12-30(13-11-29)24-26-19-14-16(25)8-9-17(19)21-27-28-22(31(21)24)18-6-4-5-7-20(18)33-3/h4-9,14-15H,10-13H2,1-3H3. The van der Waals surface area contributed by atoms with Gasteiger partial charge in [-0.1, -0.05) is 37.6 Å². The van der Waals surface area contributed by atoms with Gasteiger partial charge in [-0.25, -0.2) is 9.38 Å². The molecule has 9 heteroatoms. The van der Waals surface area contributed by atoms with Crippen LogP contribution in [0, 0.1) is 5.92 Å². The van der Waals surface area contributed by atoms with E-state index in [0.29, 0.717) is 48.4 Å². The van der Waals surface area contributed by atoms with E-state index < -0.39 is 0 Å². The average molecular weight is 465 g/mol. The Balaban J connectivity index is 1.67. The molecule has 0 saturated carbocycles. The lowest BCUT2D eigenvalue weighted by Crippen LogP contribution is -2.50. The topological polar surface area (TPSA) is 75.9 Å². The van der Waals surface area contributed by atoms with Gasteiger partial charge in [0, 0.05) is 42.5 Å². The van der Waals surface area contributed by atoms with Crippen molar-refractivity contribution in [1.82, 2.24) is 24.5 Å². The van der Waals surface area contributed by atoms with Crippen molar-refractivity contribution < 1.29 is 9.53 Å². The third kappa shape index (κ3) is 3.74. The summed E-state index contributed by atoms with van der Waals surface area (Å²) in [6.45, 7) is 6.47. The average Bonchev–Trinajstić information content (AvgIpc) is 3.28. The second kappa shape index (κ2) is 8.51. The molecule has 1 aliphatic rings. The Morgan fingerprint density at radius 1 is 1.06 bits per heavy atom. The molecule has 4 aromatic rings. The summed E-state index contributed by atoms with van der Waals surface area (Å²) < 4.78 is 7.57. The largest absolute Gasteiger partial charge is 0.496 e. The van der Waals surface area contributed by atoms with Crippen LogP contribution < -0.4 is 9.64 Å². The Bertz CT molecular complexity index is 1340. The summed E-state index contributed by atoms with van der Waals surface area (Å²) >= 11 is 6.28. The summed E-state index contributed by atoms with van der Waals surface area (Å²) in [6, 6.07) is 13.3. The Kier molecular flexibility index (Phi) is 5.54. The number of methoxy groups -OCH3 is 1. The maximum Gasteiger partial charge on any atom is 0.225 e. The third-order valence-electron chi connectivity index (χ3n) is 6.00. The molecule has 0 atom stereocenters. The molecule has 0 radical (unpaired) electrons. The number of anilines is 1. The smallest absolute Gasteiger partial charge is 0.225 e. The van der Waals surface area contributed by atoms with Crippen molar-refractivity contribution >= 4 is 40.0 Å². The van der Waals surface area contributed by atoms with Gasteiger partial charge in [-0.2, -0.15) is 0 Å². The lowest BCUT2D eigenvalue weighted by atomic mass is 10.1. The lowest BCUT2D eigenvalue weighted by molar-refractivity contribution is -0.134. The summed E-state index contributed by atoms with van der Waals surface area (Å²) in [5.74, 6) is 2.25. The number of fused-ring (bicyclic) bond motifs is 3. The molecule has 1 fully saturated rings. The minimum atomic E-state index is -0.0146. The number of rotatable bonds is 4. The highest BCUT2D eigenvalue weighted by Gasteiger charge is 2.27. The van der Waals surface area contributed by atoms with Crippen LogP contribution >= 0.6 is 11.6 Å². The predicted molar refractivity (Wildman–Crippen MR) is 129 cm³/mol. The van der Waals surface area contributed by atoms with E-state index in [-0.39, 0.29) is 11.8 Å². The van der Waals surface area contributed by atoms with Crippen LogP contribution in [0.3, 0.4) is 0 Å². The number of benzene rings is 2. The van der Waals surface area contributed by atoms with Crippen molar-refractivity contribution in [2.24, 2.45) is 5.92 Å². The molecule has 1 saturated heterocycles. The molecule has 8 nitrogen and oxygen atoms in total. The number of hydrogen-bond donors (Lipinski definition) is 0. The summed E-state index contributed by atoms with van der Waals surface area (Å²) in [5, 5.41) is 10.5. The molecule has 0 spiro atoms. The zero-order valence-electron chi connectivity index (χ0n) is 18.8. The zero-order chi connectivity index (χ0) is 23.1. The van der Waals surface area contributed by atoms with Crippen LogP contribution in [-0.2, 0) is 4.79 Å². The van der Waals surface area contributed by atoms with Crippen LogP contribution in [0.4, 0.5) is 5.95 Å². The summed E-state index contributed by atoms with van der Waals surface area (Å²) in [5.41, 5.74) is 2.29. The van der Waals surface area contributed by atoms with Crippen LogP contribution in [0.1, 0.15) is 13.8 Å². The van der Waals surface area contributed by atoms with E-state index in [1.807, 2.05) is 65.6 Å². The van der Waals surface area contributed by atoms with Crippen molar-refractivity contribution in [3.05, 3.63) is 47.5 Å². The molecular formula is C24H25ClN6O2. The minimum Gasteiger partial charge on any atom is -0.496 e. The fraction of sp³-hybridized carbons (Fsp3) is 0.333. The monoisotopic (exact) mass is 464 g/mol. The molecule has 3 heterocycles. The normalized spacial score (nSPS) is 14.5. The Morgan fingerprint density at radius 2 is 1.82 bits per heavy atom. The van der Waals surface area contributed by atoms with E-state index in [4.69, 9.17) is 21.3 Å². The Hall–Kier alpha value is -3.39. The number of aromatic nitrogens is 4. The molecule has 0 N–H and O–H groups in total. The van der Waals surface area contributed by atoms with E-state index in [0.717, 1.165) is 22.4 Å². The molecule has 5 rings (SSSR count). The molecule has 2 aromatic carbocycles. The van der Waals surface area contributed by atoms with Crippen molar-refractivity contribution in [2.45, 2.75) is 13.8 Å². The van der Waals surface area contributed by atoms with Crippen molar-refractivity contribution in [2.75, 3.05) is 38.2 Å². The van der Waals surface area contributed by atoms with Gasteiger partial charge in [-0.3, -0.25) is 4.79 Å². The van der Waals surface area contributed by atoms with Crippen LogP contribution in [0.15, 0.2) is 42.5 Å². The van der Waals surface area contributed by atoms with Crippen LogP contribution in [0.5, 0.6) is 5.75 Å². The highest BCUT2D eigenvalue weighted by molar-refractivity contribution is 6.31. The van der Waals surface area contributed by atoms with Gasteiger partial charge >= 0.3 is 0 Å². The number of ether oxygens (including phenoxy) is 1. The summed E-state index contributed by atoms with van der Waals surface area (Å²) in [7, 11) is 1.64. The Morgan fingerprint density at radius 3 is 2.55 bits per heavy atom. The summed E-state index contributed by atoms with van der Waals surface area (Å²) in [6.07, 6.45) is 0. The van der Waals surface area contributed by atoms with Gasteiger partial charge in [-0.15, -0.1) is 10.2 Å². The van der Waals surface area contributed by atoms with Crippen molar-refractivity contribution in [3.63, 3.8) is 0 Å². The van der Waals surface area contributed by atoms with Gasteiger partial charge < -0.3 is 14.5 Å². The molecule has 2 aromatic heterocycles. The first-order chi connectivity index (χ1) is 16.0. The van der Waals surface area contributed by atoms with Gasteiger partial charge in [0.15, 0.2) is 11.5 Å². The number of amides is 1. The first kappa shape index (κ1) is 21.5. The van der Waals surface area contributed by atoms with Gasteiger partial charge in [0.25, 0.3) is 0 Å². The number of halogens is 1. The number of para-hydroxylation sites is 1. The first-order valence-electron chi connectivity index (χ1n) is 11.0. The number of carbonyl (C=O) groups excluding carboxylic acids is 1. The lowest BCUT2D eigenvalue weighted by Gasteiger charge is -2.36. The fourth-order valence-electron chi connectivity index (χ4n) is 4.30. The second-order valence-corrected chi connectivity index (χ2v) is 8.86. The highest BCUT2D eigenvalue weighted by atomic mass is 35.5. The molecule has 0 aliphatic carbocycles. The minimum absolute atomic E-state index is 0.0146. The maximum absolute atomic E-state index is 12.5. The van der Waals surface area contributed by atoms with E-state index >= 15 is 0 Å². The van der Waals surface area contributed by atoms with E-state index in [2.05, 4.69) is 15.1 Å². The molecule has 170 valence electrons. The van der Waals surface area contributed by atoms with Crippen LogP contribution in [0.25, 0.3) is 27.9 Å². The molecule has 0 unspecified atom stereocenters. The van der Waals surface area contributed by atoms with Crippen molar-refractivity contribution in [1.29, 1.82) is 0 Å².